The molecule has 0 aliphatic carbocycles. The Morgan fingerprint density at radius 2 is 1.87 bits per heavy atom. The molecule has 2 aromatic heterocycles. The first-order chi connectivity index (χ1) is 14.3. The van der Waals surface area contributed by atoms with Gasteiger partial charge < -0.3 is 9.42 Å². The highest BCUT2D eigenvalue weighted by atomic mass is 35.5. The molecule has 1 aromatic carbocycles. The maximum absolute atomic E-state index is 12.9. The topological polar surface area (TPSA) is 96.6 Å². The van der Waals surface area contributed by atoms with Crippen LogP contribution in [0.15, 0.2) is 39.1 Å². The molecule has 1 fully saturated rings. The minimum absolute atomic E-state index is 0.103. The Labute approximate surface area is 183 Å². The average Bonchev–Trinajstić information content (AvgIpc) is 3.35. The van der Waals surface area contributed by atoms with E-state index in [1.165, 1.54) is 15.6 Å². The van der Waals surface area contributed by atoms with Gasteiger partial charge in [0, 0.05) is 37.1 Å². The maximum atomic E-state index is 12.9. The molecule has 11 heteroatoms. The Kier molecular flexibility index (Phi) is 5.67. The molecule has 0 spiro atoms. The minimum atomic E-state index is -3.72. The number of hydrogen-bond acceptors (Lipinski definition) is 7. The highest BCUT2D eigenvalue weighted by Crippen LogP contribution is 2.30. The Balaban J connectivity index is 1.46. The Morgan fingerprint density at radius 3 is 2.50 bits per heavy atom. The summed E-state index contributed by atoms with van der Waals surface area (Å²) in [6.45, 7) is 4.12. The number of carbonyl (C=O) groups is 1. The maximum Gasteiger partial charge on any atom is 0.273 e. The van der Waals surface area contributed by atoms with Crippen LogP contribution in [0.2, 0.25) is 5.02 Å². The van der Waals surface area contributed by atoms with Crippen LogP contribution in [0, 0.1) is 13.8 Å². The van der Waals surface area contributed by atoms with Crippen LogP contribution in [-0.2, 0) is 10.0 Å². The lowest BCUT2D eigenvalue weighted by Gasteiger charge is -2.33. The number of rotatable bonds is 4. The second kappa shape index (κ2) is 8.10. The molecule has 8 nitrogen and oxygen atoms in total. The molecule has 3 heterocycles. The van der Waals surface area contributed by atoms with Gasteiger partial charge in [-0.3, -0.25) is 4.79 Å². The normalized spacial score (nSPS) is 15.5. The first-order valence-corrected chi connectivity index (χ1v) is 11.9. The number of thiazole rings is 1. The second-order valence-corrected chi connectivity index (χ2v) is 10.0. The van der Waals surface area contributed by atoms with Crippen molar-refractivity contribution in [2.75, 3.05) is 26.2 Å². The summed E-state index contributed by atoms with van der Waals surface area (Å²) in [5.41, 5.74) is 1.44. The summed E-state index contributed by atoms with van der Waals surface area (Å²) < 4.78 is 32.2. The third-order valence-electron chi connectivity index (χ3n) is 4.92. The standard InChI is InChI=1S/C19H19ClN4O4S2/c1-12-17(13(2)28-22-12)30(26,27)24-9-7-23(8-10-24)19(25)16-11-29-18(21-16)14-5-3-4-6-15(14)20/h3-6,11H,7-10H2,1-2H3. The molecule has 1 aliphatic heterocycles. The molecule has 1 amide bonds. The zero-order valence-corrected chi connectivity index (χ0v) is 18.7. The lowest BCUT2D eigenvalue weighted by Crippen LogP contribution is -2.50. The van der Waals surface area contributed by atoms with E-state index in [2.05, 4.69) is 10.1 Å². The number of amides is 1. The largest absolute Gasteiger partial charge is 0.360 e. The van der Waals surface area contributed by atoms with Crippen molar-refractivity contribution >= 4 is 38.9 Å². The lowest BCUT2D eigenvalue weighted by atomic mass is 10.2. The first kappa shape index (κ1) is 21.0. The molecule has 0 bridgehead atoms. The molecule has 158 valence electrons. The van der Waals surface area contributed by atoms with Crippen molar-refractivity contribution in [1.29, 1.82) is 0 Å². The van der Waals surface area contributed by atoms with Gasteiger partial charge in [0.15, 0.2) is 5.76 Å². The number of aryl methyl sites for hydroxylation is 2. The molecule has 3 aromatic rings. The van der Waals surface area contributed by atoms with E-state index in [-0.39, 0.29) is 42.7 Å². The van der Waals surface area contributed by atoms with Crippen molar-refractivity contribution in [3.8, 4) is 10.6 Å². The summed E-state index contributed by atoms with van der Waals surface area (Å²) in [6, 6.07) is 7.33. The number of carbonyl (C=O) groups excluding carboxylic acids is 1. The molecule has 1 aliphatic rings. The molecule has 0 unspecified atom stereocenters. The van der Waals surface area contributed by atoms with Crippen molar-refractivity contribution in [3.63, 3.8) is 0 Å². The fourth-order valence-electron chi connectivity index (χ4n) is 3.40. The highest BCUT2D eigenvalue weighted by Gasteiger charge is 2.34. The average molecular weight is 467 g/mol. The van der Waals surface area contributed by atoms with E-state index in [0.29, 0.717) is 21.4 Å². The minimum Gasteiger partial charge on any atom is -0.360 e. The van der Waals surface area contributed by atoms with Gasteiger partial charge in [-0.25, -0.2) is 13.4 Å². The number of halogens is 1. The summed E-state index contributed by atoms with van der Waals surface area (Å²) in [5.74, 6) is 0.0412. The van der Waals surface area contributed by atoms with E-state index in [0.717, 1.165) is 5.56 Å². The smallest absolute Gasteiger partial charge is 0.273 e. The molecular weight excluding hydrogens is 448 g/mol. The number of sulfonamides is 1. The van der Waals surface area contributed by atoms with Crippen molar-refractivity contribution in [1.82, 2.24) is 19.3 Å². The van der Waals surface area contributed by atoms with Crippen LogP contribution < -0.4 is 0 Å². The summed E-state index contributed by atoms with van der Waals surface area (Å²) in [4.78, 5) is 19.0. The van der Waals surface area contributed by atoms with Gasteiger partial charge in [0.1, 0.15) is 21.3 Å². The molecule has 0 N–H and O–H groups in total. The third-order valence-corrected chi connectivity index (χ3v) is 8.27. The number of nitrogens with zero attached hydrogens (tertiary/aromatic N) is 4. The first-order valence-electron chi connectivity index (χ1n) is 9.22. The van der Waals surface area contributed by atoms with Crippen LogP contribution in [-0.4, -0.2) is 59.8 Å². The molecule has 0 radical (unpaired) electrons. The lowest BCUT2D eigenvalue weighted by molar-refractivity contribution is 0.0692. The van der Waals surface area contributed by atoms with Gasteiger partial charge in [-0.05, 0) is 19.9 Å². The van der Waals surface area contributed by atoms with E-state index in [1.807, 2.05) is 18.2 Å². The molecular formula is C19H19ClN4O4S2. The van der Waals surface area contributed by atoms with Crippen molar-refractivity contribution in [3.05, 3.63) is 51.8 Å². The molecule has 0 atom stereocenters. The second-order valence-electron chi connectivity index (χ2n) is 6.87. The van der Waals surface area contributed by atoms with Crippen LogP contribution in [0.25, 0.3) is 10.6 Å². The van der Waals surface area contributed by atoms with E-state index in [9.17, 15) is 13.2 Å². The van der Waals surface area contributed by atoms with Gasteiger partial charge in [0.25, 0.3) is 5.91 Å². The van der Waals surface area contributed by atoms with Gasteiger partial charge >= 0.3 is 0 Å². The molecule has 0 saturated carbocycles. The zero-order chi connectivity index (χ0) is 21.5. The van der Waals surface area contributed by atoms with Crippen LogP contribution in [0.5, 0.6) is 0 Å². The summed E-state index contributed by atoms with van der Waals surface area (Å²) in [7, 11) is -3.72. The van der Waals surface area contributed by atoms with Crippen LogP contribution in [0.1, 0.15) is 21.9 Å². The SMILES string of the molecule is Cc1noc(C)c1S(=O)(=O)N1CCN(C(=O)c2csc(-c3ccccc3Cl)n2)CC1. The summed E-state index contributed by atoms with van der Waals surface area (Å²) in [6.07, 6.45) is 0. The Morgan fingerprint density at radius 1 is 1.17 bits per heavy atom. The van der Waals surface area contributed by atoms with E-state index >= 15 is 0 Å². The summed E-state index contributed by atoms with van der Waals surface area (Å²) >= 11 is 7.57. The van der Waals surface area contributed by atoms with E-state index in [4.69, 9.17) is 16.1 Å². The highest BCUT2D eigenvalue weighted by molar-refractivity contribution is 7.89. The van der Waals surface area contributed by atoms with Gasteiger partial charge in [0.2, 0.25) is 10.0 Å². The van der Waals surface area contributed by atoms with Gasteiger partial charge in [0.05, 0.1) is 5.02 Å². The van der Waals surface area contributed by atoms with Gasteiger partial charge in [-0.15, -0.1) is 11.3 Å². The zero-order valence-electron chi connectivity index (χ0n) is 16.3. The fourth-order valence-corrected chi connectivity index (χ4v) is 6.22. The quantitative estimate of drug-likeness (QED) is 0.585. The molecule has 1 saturated heterocycles. The van der Waals surface area contributed by atoms with Crippen LogP contribution in [0.3, 0.4) is 0 Å². The predicted molar refractivity (Wildman–Crippen MR) is 113 cm³/mol. The van der Waals surface area contributed by atoms with Crippen LogP contribution >= 0.6 is 22.9 Å². The van der Waals surface area contributed by atoms with Crippen molar-refractivity contribution < 1.29 is 17.7 Å². The summed E-state index contributed by atoms with van der Waals surface area (Å²) in [5, 5.41) is 6.68. The van der Waals surface area contributed by atoms with Crippen molar-refractivity contribution in [2.45, 2.75) is 18.7 Å². The predicted octanol–water partition coefficient (Wildman–Crippen LogP) is 3.22. The van der Waals surface area contributed by atoms with Gasteiger partial charge in [-0.1, -0.05) is 35.0 Å². The number of piperazine rings is 1. The van der Waals surface area contributed by atoms with Gasteiger partial charge in [-0.2, -0.15) is 4.31 Å². The van der Waals surface area contributed by atoms with E-state index in [1.54, 1.807) is 30.2 Å². The third kappa shape index (κ3) is 3.76. The Hall–Kier alpha value is -2.27. The fraction of sp³-hybridized carbons (Fsp3) is 0.316. The van der Waals surface area contributed by atoms with E-state index < -0.39 is 10.0 Å². The van der Waals surface area contributed by atoms with Crippen molar-refractivity contribution in [2.24, 2.45) is 0 Å². The van der Waals surface area contributed by atoms with Crippen LogP contribution in [0.4, 0.5) is 0 Å². The number of aromatic nitrogens is 2. The monoisotopic (exact) mass is 466 g/mol. The number of hydrogen-bond donors (Lipinski definition) is 0. The molecule has 4 rings (SSSR count). The molecule has 30 heavy (non-hydrogen) atoms. The number of benzene rings is 1. The Bertz CT molecular complexity index is 1180.